The molecule has 2 rings (SSSR count). The summed E-state index contributed by atoms with van der Waals surface area (Å²) >= 11 is 2.03. The zero-order valence-corrected chi connectivity index (χ0v) is 11.8. The SMILES string of the molecule is Nc1ccc(NC(=O)c2cc(I)ccc2O)cc1F. The number of nitrogens with two attached hydrogens (primary N) is 1. The van der Waals surface area contributed by atoms with Crippen molar-refractivity contribution in [1.82, 2.24) is 0 Å². The fraction of sp³-hybridized carbons (Fsp3) is 0. The van der Waals surface area contributed by atoms with Gasteiger partial charge in [-0.1, -0.05) is 0 Å². The Bertz CT molecular complexity index is 647. The Labute approximate surface area is 122 Å². The van der Waals surface area contributed by atoms with Crippen molar-refractivity contribution in [3.8, 4) is 5.75 Å². The predicted molar refractivity (Wildman–Crippen MR) is 79.6 cm³/mol. The normalized spacial score (nSPS) is 10.2. The van der Waals surface area contributed by atoms with E-state index in [0.717, 1.165) is 9.64 Å². The van der Waals surface area contributed by atoms with E-state index < -0.39 is 11.7 Å². The molecule has 98 valence electrons. The van der Waals surface area contributed by atoms with Gasteiger partial charge in [-0.15, -0.1) is 0 Å². The largest absolute Gasteiger partial charge is 0.507 e. The molecule has 0 bridgehead atoms. The van der Waals surface area contributed by atoms with E-state index >= 15 is 0 Å². The smallest absolute Gasteiger partial charge is 0.259 e. The first kappa shape index (κ1) is 13.6. The van der Waals surface area contributed by atoms with Gasteiger partial charge in [0.2, 0.25) is 0 Å². The Morgan fingerprint density at radius 3 is 2.68 bits per heavy atom. The van der Waals surface area contributed by atoms with Crippen molar-refractivity contribution in [3.05, 3.63) is 51.3 Å². The number of carbonyl (C=O) groups excluding carboxylic acids is 1. The molecule has 0 saturated heterocycles. The molecule has 0 aliphatic rings. The summed E-state index contributed by atoms with van der Waals surface area (Å²) < 4.78 is 14.1. The molecule has 1 amide bonds. The number of hydrogen-bond acceptors (Lipinski definition) is 3. The van der Waals surface area contributed by atoms with Crippen molar-refractivity contribution in [2.24, 2.45) is 0 Å². The number of rotatable bonds is 2. The number of nitrogen functional groups attached to an aromatic ring is 1. The molecule has 2 aromatic carbocycles. The maximum absolute atomic E-state index is 13.2. The highest BCUT2D eigenvalue weighted by Crippen LogP contribution is 2.22. The van der Waals surface area contributed by atoms with Crippen LogP contribution in [0, 0.1) is 9.39 Å². The first-order valence-corrected chi connectivity index (χ1v) is 6.40. The average molecular weight is 372 g/mol. The van der Waals surface area contributed by atoms with Crippen LogP contribution < -0.4 is 11.1 Å². The second kappa shape index (κ2) is 5.43. The molecule has 0 unspecified atom stereocenters. The van der Waals surface area contributed by atoms with Crippen LogP contribution in [-0.4, -0.2) is 11.0 Å². The number of aromatic hydroxyl groups is 1. The third kappa shape index (κ3) is 3.14. The van der Waals surface area contributed by atoms with Crippen LogP contribution in [0.3, 0.4) is 0 Å². The second-order valence-electron chi connectivity index (χ2n) is 3.85. The molecule has 4 N–H and O–H groups in total. The van der Waals surface area contributed by atoms with Gasteiger partial charge in [0.15, 0.2) is 0 Å². The van der Waals surface area contributed by atoms with Crippen molar-refractivity contribution in [2.75, 3.05) is 11.1 Å². The molecular formula is C13H10FIN2O2. The van der Waals surface area contributed by atoms with Crippen LogP contribution in [0.4, 0.5) is 15.8 Å². The number of benzene rings is 2. The summed E-state index contributed by atoms with van der Waals surface area (Å²) in [5.74, 6) is -1.25. The maximum Gasteiger partial charge on any atom is 0.259 e. The molecule has 0 radical (unpaired) electrons. The van der Waals surface area contributed by atoms with Gasteiger partial charge in [0, 0.05) is 9.26 Å². The Balaban J connectivity index is 2.25. The van der Waals surface area contributed by atoms with Gasteiger partial charge in [-0.3, -0.25) is 4.79 Å². The van der Waals surface area contributed by atoms with E-state index in [1.54, 1.807) is 12.1 Å². The van der Waals surface area contributed by atoms with Crippen molar-refractivity contribution in [1.29, 1.82) is 0 Å². The van der Waals surface area contributed by atoms with Crippen LogP contribution in [0.5, 0.6) is 5.75 Å². The summed E-state index contributed by atoms with van der Waals surface area (Å²) in [7, 11) is 0. The molecule has 0 atom stereocenters. The number of anilines is 2. The topological polar surface area (TPSA) is 75.3 Å². The van der Waals surface area contributed by atoms with Gasteiger partial charge in [0.1, 0.15) is 11.6 Å². The molecule has 0 spiro atoms. The summed E-state index contributed by atoms with van der Waals surface area (Å²) in [6.45, 7) is 0. The third-order valence-electron chi connectivity index (χ3n) is 2.46. The molecule has 0 fully saturated rings. The molecule has 0 aliphatic heterocycles. The van der Waals surface area contributed by atoms with Gasteiger partial charge < -0.3 is 16.2 Å². The first-order valence-electron chi connectivity index (χ1n) is 5.32. The molecule has 2 aromatic rings. The Kier molecular flexibility index (Phi) is 3.89. The number of phenolic OH excluding ortho intramolecular Hbond substituents is 1. The number of phenols is 1. The average Bonchev–Trinajstić information content (AvgIpc) is 2.36. The van der Waals surface area contributed by atoms with Gasteiger partial charge in [-0.2, -0.15) is 0 Å². The maximum atomic E-state index is 13.2. The minimum absolute atomic E-state index is 0.00936. The third-order valence-corrected chi connectivity index (χ3v) is 3.13. The lowest BCUT2D eigenvalue weighted by Gasteiger charge is -2.08. The van der Waals surface area contributed by atoms with E-state index in [1.807, 2.05) is 22.6 Å². The van der Waals surface area contributed by atoms with E-state index in [9.17, 15) is 14.3 Å². The lowest BCUT2D eigenvalue weighted by Crippen LogP contribution is -2.12. The summed E-state index contributed by atoms with van der Waals surface area (Å²) in [5, 5.41) is 12.1. The number of halogens is 2. The van der Waals surface area contributed by atoms with Gasteiger partial charge in [-0.05, 0) is 59.0 Å². The highest BCUT2D eigenvalue weighted by Gasteiger charge is 2.12. The van der Waals surface area contributed by atoms with Crippen LogP contribution in [-0.2, 0) is 0 Å². The zero-order valence-electron chi connectivity index (χ0n) is 9.65. The first-order chi connectivity index (χ1) is 8.97. The minimum Gasteiger partial charge on any atom is -0.507 e. The van der Waals surface area contributed by atoms with Gasteiger partial charge in [0.05, 0.1) is 11.3 Å². The summed E-state index contributed by atoms with van der Waals surface area (Å²) in [5.41, 5.74) is 5.76. The van der Waals surface area contributed by atoms with Crippen molar-refractivity contribution >= 4 is 39.9 Å². The number of carbonyl (C=O) groups is 1. The predicted octanol–water partition coefficient (Wildman–Crippen LogP) is 2.97. The van der Waals surface area contributed by atoms with Crippen LogP contribution >= 0.6 is 22.6 Å². The molecule has 19 heavy (non-hydrogen) atoms. The van der Waals surface area contributed by atoms with Gasteiger partial charge in [0.25, 0.3) is 5.91 Å². The minimum atomic E-state index is -0.607. The Morgan fingerprint density at radius 2 is 2.00 bits per heavy atom. The van der Waals surface area contributed by atoms with Crippen LogP contribution in [0.2, 0.25) is 0 Å². The van der Waals surface area contributed by atoms with Crippen LogP contribution in [0.15, 0.2) is 36.4 Å². The van der Waals surface area contributed by atoms with Crippen LogP contribution in [0.1, 0.15) is 10.4 Å². The van der Waals surface area contributed by atoms with Crippen molar-refractivity contribution in [3.63, 3.8) is 0 Å². The quantitative estimate of drug-likeness (QED) is 0.561. The summed E-state index contributed by atoms with van der Waals surface area (Å²) in [6, 6.07) is 8.62. The van der Waals surface area contributed by atoms with E-state index in [-0.39, 0.29) is 22.7 Å². The van der Waals surface area contributed by atoms with E-state index in [0.29, 0.717) is 0 Å². The van der Waals surface area contributed by atoms with E-state index in [1.165, 1.54) is 18.2 Å². The monoisotopic (exact) mass is 372 g/mol. The summed E-state index contributed by atoms with van der Waals surface area (Å²) in [4.78, 5) is 12.0. The standard InChI is InChI=1S/C13H10FIN2O2/c14-10-6-8(2-3-11(10)16)17-13(19)9-5-7(15)1-4-12(9)18/h1-6,18H,16H2,(H,17,19). The van der Waals surface area contributed by atoms with Crippen molar-refractivity contribution < 1.29 is 14.3 Å². The molecule has 4 nitrogen and oxygen atoms in total. The lowest BCUT2D eigenvalue weighted by molar-refractivity contribution is 0.102. The van der Waals surface area contributed by atoms with Crippen molar-refractivity contribution in [2.45, 2.75) is 0 Å². The number of hydrogen-bond donors (Lipinski definition) is 3. The fourth-order valence-corrected chi connectivity index (χ4v) is 1.98. The Hall–Kier alpha value is -1.83. The molecule has 0 saturated carbocycles. The van der Waals surface area contributed by atoms with E-state index in [4.69, 9.17) is 5.73 Å². The molecular weight excluding hydrogens is 362 g/mol. The fourth-order valence-electron chi connectivity index (χ4n) is 1.49. The second-order valence-corrected chi connectivity index (χ2v) is 5.10. The zero-order chi connectivity index (χ0) is 14.0. The molecule has 0 aliphatic carbocycles. The lowest BCUT2D eigenvalue weighted by atomic mass is 10.2. The number of amides is 1. The summed E-state index contributed by atoms with van der Waals surface area (Å²) in [6.07, 6.45) is 0. The van der Waals surface area contributed by atoms with Crippen LogP contribution in [0.25, 0.3) is 0 Å². The Morgan fingerprint density at radius 1 is 1.26 bits per heavy atom. The van der Waals surface area contributed by atoms with Gasteiger partial charge >= 0.3 is 0 Å². The highest BCUT2D eigenvalue weighted by atomic mass is 127. The van der Waals surface area contributed by atoms with Gasteiger partial charge in [-0.25, -0.2) is 4.39 Å². The molecule has 6 heteroatoms. The highest BCUT2D eigenvalue weighted by molar-refractivity contribution is 14.1. The molecule has 0 aromatic heterocycles. The van der Waals surface area contributed by atoms with E-state index in [2.05, 4.69) is 5.32 Å². The number of nitrogens with one attached hydrogen (secondary N) is 1. The molecule has 0 heterocycles.